The normalized spacial score (nSPS) is 10.8. The van der Waals surface area contributed by atoms with Crippen LogP contribution in [0.2, 0.25) is 0 Å². The molecule has 0 fully saturated rings. The van der Waals surface area contributed by atoms with E-state index in [1.165, 1.54) is 0 Å². The minimum atomic E-state index is 0.453. The van der Waals surface area contributed by atoms with Crippen LogP contribution in [0.3, 0.4) is 0 Å². The smallest absolute Gasteiger partial charge is 0.146 e. The van der Waals surface area contributed by atoms with Crippen molar-refractivity contribution in [2.24, 2.45) is 0 Å². The van der Waals surface area contributed by atoms with Crippen molar-refractivity contribution in [1.29, 1.82) is 0 Å². The van der Waals surface area contributed by atoms with Crippen LogP contribution in [-0.4, -0.2) is 6.54 Å². The van der Waals surface area contributed by atoms with Gasteiger partial charge in [0.05, 0.1) is 6.26 Å². The molecular formula is C16H20BrNO2. The Labute approximate surface area is 128 Å². The minimum absolute atomic E-state index is 0.453. The molecule has 0 saturated heterocycles. The fourth-order valence-electron chi connectivity index (χ4n) is 1.87. The van der Waals surface area contributed by atoms with Crippen molar-refractivity contribution < 1.29 is 9.15 Å². The van der Waals surface area contributed by atoms with Crippen LogP contribution in [-0.2, 0) is 13.2 Å². The van der Waals surface area contributed by atoms with Crippen LogP contribution < -0.4 is 10.1 Å². The number of furan rings is 1. The summed E-state index contributed by atoms with van der Waals surface area (Å²) in [6, 6.07) is 7.99. The molecule has 0 unspecified atom stereocenters. The lowest BCUT2D eigenvalue weighted by atomic mass is 10.2. The number of aryl methyl sites for hydroxylation is 1. The van der Waals surface area contributed by atoms with E-state index in [2.05, 4.69) is 28.2 Å². The van der Waals surface area contributed by atoms with Gasteiger partial charge in [0.25, 0.3) is 0 Å². The van der Waals surface area contributed by atoms with Gasteiger partial charge in [0.15, 0.2) is 0 Å². The molecule has 1 heterocycles. The Balaban J connectivity index is 1.85. The molecule has 3 nitrogen and oxygen atoms in total. The van der Waals surface area contributed by atoms with Crippen molar-refractivity contribution >= 4 is 15.9 Å². The fourth-order valence-corrected chi connectivity index (χ4v) is 2.11. The maximum atomic E-state index is 5.73. The highest BCUT2D eigenvalue weighted by Gasteiger charge is 2.04. The zero-order valence-corrected chi connectivity index (χ0v) is 13.5. The molecule has 0 spiro atoms. The fraction of sp³-hybridized carbons (Fsp3) is 0.375. The summed E-state index contributed by atoms with van der Waals surface area (Å²) in [6.45, 7) is 6.52. The number of rotatable bonds is 7. The van der Waals surface area contributed by atoms with E-state index in [-0.39, 0.29) is 0 Å². The van der Waals surface area contributed by atoms with E-state index in [0.29, 0.717) is 6.61 Å². The number of halogens is 1. The molecule has 0 aliphatic heterocycles. The average molecular weight is 338 g/mol. The number of benzene rings is 1. The van der Waals surface area contributed by atoms with Crippen LogP contribution >= 0.6 is 15.9 Å². The maximum absolute atomic E-state index is 5.73. The first-order valence-corrected chi connectivity index (χ1v) is 7.64. The number of ether oxygens (including phenoxy) is 1. The maximum Gasteiger partial charge on any atom is 0.146 e. The summed E-state index contributed by atoms with van der Waals surface area (Å²) in [5, 5.41) is 3.35. The third kappa shape index (κ3) is 4.39. The van der Waals surface area contributed by atoms with Gasteiger partial charge in [-0.2, -0.15) is 0 Å². The first-order valence-electron chi connectivity index (χ1n) is 6.85. The Bertz CT molecular complexity index is 551. The van der Waals surface area contributed by atoms with Gasteiger partial charge >= 0.3 is 0 Å². The molecule has 0 aliphatic rings. The highest BCUT2D eigenvalue weighted by atomic mass is 79.9. The van der Waals surface area contributed by atoms with Crippen molar-refractivity contribution in [3.8, 4) is 5.75 Å². The van der Waals surface area contributed by atoms with E-state index >= 15 is 0 Å². The van der Waals surface area contributed by atoms with Gasteiger partial charge in [-0.25, -0.2) is 0 Å². The molecule has 108 valence electrons. The van der Waals surface area contributed by atoms with Crippen molar-refractivity contribution in [2.45, 2.75) is 33.4 Å². The molecule has 0 saturated carbocycles. The first-order chi connectivity index (χ1) is 9.69. The average Bonchev–Trinajstić information content (AvgIpc) is 2.88. The Morgan fingerprint density at radius 1 is 1.30 bits per heavy atom. The highest BCUT2D eigenvalue weighted by Crippen LogP contribution is 2.22. The van der Waals surface area contributed by atoms with Gasteiger partial charge in [-0.1, -0.05) is 22.9 Å². The largest absolute Gasteiger partial charge is 0.486 e. The molecule has 20 heavy (non-hydrogen) atoms. The van der Waals surface area contributed by atoms with Gasteiger partial charge in [-0.05, 0) is 49.7 Å². The second kappa shape index (κ2) is 7.50. The van der Waals surface area contributed by atoms with Gasteiger partial charge in [0.1, 0.15) is 18.1 Å². The van der Waals surface area contributed by atoms with Crippen LogP contribution in [0.4, 0.5) is 0 Å². The molecule has 1 aromatic carbocycles. The van der Waals surface area contributed by atoms with Gasteiger partial charge in [0, 0.05) is 16.6 Å². The van der Waals surface area contributed by atoms with Crippen molar-refractivity contribution in [1.82, 2.24) is 5.32 Å². The Kier molecular flexibility index (Phi) is 5.68. The summed E-state index contributed by atoms with van der Waals surface area (Å²) in [5.41, 5.74) is 2.32. The Morgan fingerprint density at radius 3 is 2.90 bits per heavy atom. The first kappa shape index (κ1) is 15.1. The van der Waals surface area contributed by atoms with E-state index in [9.17, 15) is 0 Å². The van der Waals surface area contributed by atoms with Crippen LogP contribution in [0.15, 0.2) is 39.4 Å². The van der Waals surface area contributed by atoms with Crippen molar-refractivity contribution in [2.75, 3.05) is 6.54 Å². The Hall–Kier alpha value is -1.26. The van der Waals surface area contributed by atoms with Crippen LogP contribution in [0.25, 0.3) is 0 Å². The molecular weight excluding hydrogens is 318 g/mol. The summed E-state index contributed by atoms with van der Waals surface area (Å²) >= 11 is 3.48. The summed E-state index contributed by atoms with van der Waals surface area (Å²) in [4.78, 5) is 0. The van der Waals surface area contributed by atoms with Crippen molar-refractivity contribution in [3.63, 3.8) is 0 Å². The SMILES string of the molecule is CCCNCc1coc(COc2ccc(Br)c(C)c2)c1. The molecule has 4 heteroatoms. The van der Waals surface area contributed by atoms with Crippen LogP contribution in [0.5, 0.6) is 5.75 Å². The molecule has 2 aromatic rings. The van der Waals surface area contributed by atoms with Gasteiger partial charge in [-0.3, -0.25) is 0 Å². The summed E-state index contributed by atoms with van der Waals surface area (Å²) in [5.74, 6) is 1.70. The van der Waals surface area contributed by atoms with E-state index in [1.54, 1.807) is 6.26 Å². The number of nitrogens with one attached hydrogen (secondary N) is 1. The lowest BCUT2D eigenvalue weighted by Crippen LogP contribution is -2.13. The zero-order chi connectivity index (χ0) is 14.4. The predicted molar refractivity (Wildman–Crippen MR) is 83.9 cm³/mol. The van der Waals surface area contributed by atoms with Gasteiger partial charge in [-0.15, -0.1) is 0 Å². The summed E-state index contributed by atoms with van der Waals surface area (Å²) in [6.07, 6.45) is 2.92. The second-order valence-corrected chi connectivity index (χ2v) is 5.65. The lowest BCUT2D eigenvalue weighted by molar-refractivity contribution is 0.270. The second-order valence-electron chi connectivity index (χ2n) is 4.80. The number of hydrogen-bond acceptors (Lipinski definition) is 3. The van der Waals surface area contributed by atoms with Crippen LogP contribution in [0, 0.1) is 6.92 Å². The Morgan fingerprint density at radius 2 is 2.15 bits per heavy atom. The topological polar surface area (TPSA) is 34.4 Å². The van der Waals surface area contributed by atoms with E-state index in [0.717, 1.165) is 46.6 Å². The van der Waals surface area contributed by atoms with E-state index < -0.39 is 0 Å². The zero-order valence-electron chi connectivity index (χ0n) is 11.9. The monoisotopic (exact) mass is 337 g/mol. The van der Waals surface area contributed by atoms with Crippen molar-refractivity contribution in [3.05, 3.63) is 51.9 Å². The third-order valence-electron chi connectivity index (χ3n) is 2.97. The summed E-state index contributed by atoms with van der Waals surface area (Å²) in [7, 11) is 0. The lowest BCUT2D eigenvalue weighted by Gasteiger charge is -2.06. The molecule has 0 bridgehead atoms. The number of hydrogen-bond donors (Lipinski definition) is 1. The predicted octanol–water partition coefficient (Wildman–Crippen LogP) is 4.43. The highest BCUT2D eigenvalue weighted by molar-refractivity contribution is 9.10. The molecule has 0 aliphatic carbocycles. The van der Waals surface area contributed by atoms with E-state index in [1.807, 2.05) is 31.2 Å². The third-order valence-corrected chi connectivity index (χ3v) is 3.86. The molecule has 0 amide bonds. The molecule has 1 aromatic heterocycles. The van der Waals surface area contributed by atoms with Gasteiger partial charge in [0.2, 0.25) is 0 Å². The molecule has 0 atom stereocenters. The molecule has 0 radical (unpaired) electrons. The standard InChI is InChI=1S/C16H20BrNO2/c1-3-6-18-9-13-8-15(19-10-13)11-20-14-4-5-16(17)12(2)7-14/h4-5,7-8,10,18H,3,6,9,11H2,1-2H3. The summed E-state index contributed by atoms with van der Waals surface area (Å²) < 4.78 is 12.3. The molecule has 2 rings (SSSR count). The molecule has 1 N–H and O–H groups in total. The van der Waals surface area contributed by atoms with Gasteiger partial charge < -0.3 is 14.5 Å². The quantitative estimate of drug-likeness (QED) is 0.759. The van der Waals surface area contributed by atoms with E-state index in [4.69, 9.17) is 9.15 Å². The van der Waals surface area contributed by atoms with Crippen LogP contribution in [0.1, 0.15) is 30.2 Å². The minimum Gasteiger partial charge on any atom is -0.486 e.